The van der Waals surface area contributed by atoms with E-state index in [-0.39, 0.29) is 23.1 Å². The molecule has 2 aromatic heterocycles. The molecule has 5 rings (SSSR count). The number of alkyl halides is 3. The van der Waals surface area contributed by atoms with E-state index in [0.29, 0.717) is 68.0 Å². The lowest BCUT2D eigenvalue weighted by Crippen LogP contribution is -2.38. The molecule has 0 radical (unpaired) electrons. The molecule has 11 heteroatoms. The van der Waals surface area contributed by atoms with Crippen molar-refractivity contribution in [3.8, 4) is 11.5 Å². The first kappa shape index (κ1) is 22.5. The summed E-state index contributed by atoms with van der Waals surface area (Å²) in [6.45, 7) is 2.51. The van der Waals surface area contributed by atoms with Gasteiger partial charge in [-0.05, 0) is 43.0 Å². The van der Waals surface area contributed by atoms with Crippen molar-refractivity contribution < 1.29 is 31.8 Å². The maximum atomic E-state index is 15.0. The number of amides is 1. The van der Waals surface area contributed by atoms with Crippen LogP contribution in [0.3, 0.4) is 0 Å². The summed E-state index contributed by atoms with van der Waals surface area (Å²) in [5.74, 6) is -0.580. The molecule has 3 aromatic rings. The van der Waals surface area contributed by atoms with E-state index in [4.69, 9.17) is 4.74 Å². The lowest BCUT2D eigenvalue weighted by atomic mass is 9.87. The first-order valence-electron chi connectivity index (χ1n) is 11.0. The van der Waals surface area contributed by atoms with Gasteiger partial charge in [0.2, 0.25) is 0 Å². The van der Waals surface area contributed by atoms with Crippen molar-refractivity contribution in [2.45, 2.75) is 31.7 Å². The molecule has 4 heterocycles. The van der Waals surface area contributed by atoms with Gasteiger partial charge < -0.3 is 24.7 Å². The first-order chi connectivity index (χ1) is 16.3. The molecule has 7 nitrogen and oxygen atoms in total. The third-order valence-electron chi connectivity index (χ3n) is 6.19. The Labute approximate surface area is 192 Å². The van der Waals surface area contributed by atoms with Gasteiger partial charge in [0.25, 0.3) is 5.91 Å². The minimum absolute atomic E-state index is 0.128. The van der Waals surface area contributed by atoms with E-state index in [1.165, 1.54) is 18.3 Å². The number of carbonyl (C=O) groups is 1. The summed E-state index contributed by atoms with van der Waals surface area (Å²) < 4.78 is 61.8. The largest absolute Gasteiger partial charge is 0.573 e. The molecule has 2 aliphatic rings. The molecule has 2 aliphatic heterocycles. The molecule has 0 bridgehead atoms. The number of hydrogen-bond donors (Lipinski definition) is 2. The van der Waals surface area contributed by atoms with Crippen LogP contribution in [0, 0.1) is 5.82 Å². The van der Waals surface area contributed by atoms with Crippen molar-refractivity contribution >= 4 is 16.9 Å². The number of carbonyl (C=O) groups excluding carboxylic acids is 1. The van der Waals surface area contributed by atoms with Crippen molar-refractivity contribution in [2.75, 3.05) is 26.2 Å². The lowest BCUT2D eigenvalue weighted by molar-refractivity contribution is -0.274. The van der Waals surface area contributed by atoms with Crippen molar-refractivity contribution in [1.29, 1.82) is 0 Å². The zero-order chi connectivity index (χ0) is 23.9. The van der Waals surface area contributed by atoms with Crippen LogP contribution in [0.15, 0.2) is 30.5 Å². The molecule has 34 heavy (non-hydrogen) atoms. The number of halogens is 4. The zero-order valence-electron chi connectivity index (χ0n) is 18.0. The maximum absolute atomic E-state index is 15.0. The summed E-state index contributed by atoms with van der Waals surface area (Å²) in [4.78, 5) is 21.9. The van der Waals surface area contributed by atoms with E-state index in [2.05, 4.69) is 20.0 Å². The number of aromatic nitrogens is 2. The van der Waals surface area contributed by atoms with Gasteiger partial charge in [-0.3, -0.25) is 4.79 Å². The predicted molar refractivity (Wildman–Crippen MR) is 114 cm³/mol. The average Bonchev–Trinajstić information content (AvgIpc) is 2.99. The van der Waals surface area contributed by atoms with Crippen molar-refractivity contribution in [1.82, 2.24) is 20.2 Å². The normalized spacial score (nSPS) is 17.2. The Kier molecular flexibility index (Phi) is 5.80. The van der Waals surface area contributed by atoms with Gasteiger partial charge in [-0.25, -0.2) is 9.37 Å². The molecular weight excluding hydrogens is 456 g/mol. The monoisotopic (exact) mass is 478 g/mol. The number of nitrogens with zero attached hydrogens (tertiary/aromatic N) is 2. The number of hydrogen-bond acceptors (Lipinski definition) is 5. The zero-order valence-corrected chi connectivity index (χ0v) is 18.0. The first-order valence-corrected chi connectivity index (χ1v) is 11.0. The fraction of sp³-hybridized carbons (Fsp3) is 0.391. The van der Waals surface area contributed by atoms with Crippen LogP contribution >= 0.6 is 0 Å². The number of H-pyrrole nitrogens is 1. The van der Waals surface area contributed by atoms with E-state index in [0.717, 1.165) is 17.8 Å². The minimum Gasteiger partial charge on any atom is -0.490 e. The number of aromatic amines is 1. The van der Waals surface area contributed by atoms with E-state index in [1.54, 1.807) is 4.90 Å². The third kappa shape index (κ3) is 4.39. The van der Waals surface area contributed by atoms with Crippen LogP contribution in [-0.4, -0.2) is 53.4 Å². The average molecular weight is 478 g/mol. The summed E-state index contributed by atoms with van der Waals surface area (Å²) in [6.07, 6.45) is -2.51. The van der Waals surface area contributed by atoms with Crippen LogP contribution in [0.5, 0.6) is 11.5 Å². The Morgan fingerprint density at radius 3 is 2.62 bits per heavy atom. The summed E-state index contributed by atoms with van der Waals surface area (Å²) >= 11 is 0. The molecule has 2 N–H and O–H groups in total. The standard InChI is InChI=1S/C23H22F4N4O3/c24-16-11-29-21-19(20-17(30-21)12-28-7-10-33-20)18(16)13-5-8-31(9-6-13)22(32)14-1-3-15(4-2-14)34-23(25,26)27/h1-4,11,13,28H,5-10,12H2,(H,29,30). The van der Waals surface area contributed by atoms with Gasteiger partial charge in [0.15, 0.2) is 5.75 Å². The molecule has 1 amide bonds. The molecule has 1 aromatic carbocycles. The summed E-state index contributed by atoms with van der Waals surface area (Å²) in [5.41, 5.74) is 2.22. The quantitative estimate of drug-likeness (QED) is 0.555. The predicted octanol–water partition coefficient (Wildman–Crippen LogP) is 4.10. The van der Waals surface area contributed by atoms with Crippen LogP contribution in [0.25, 0.3) is 11.0 Å². The molecule has 180 valence electrons. The third-order valence-corrected chi connectivity index (χ3v) is 6.19. The highest BCUT2D eigenvalue weighted by molar-refractivity contribution is 5.94. The van der Waals surface area contributed by atoms with Crippen LogP contribution in [0.1, 0.15) is 40.4 Å². The number of benzene rings is 1. The van der Waals surface area contributed by atoms with Crippen molar-refractivity contribution in [3.63, 3.8) is 0 Å². The number of piperidine rings is 1. The molecule has 0 aliphatic carbocycles. The van der Waals surface area contributed by atoms with Gasteiger partial charge >= 0.3 is 6.36 Å². The number of ether oxygens (including phenoxy) is 2. The van der Waals surface area contributed by atoms with E-state index in [1.807, 2.05) is 0 Å². The topological polar surface area (TPSA) is 79.5 Å². The second-order valence-corrected chi connectivity index (χ2v) is 8.34. The summed E-state index contributed by atoms with van der Waals surface area (Å²) in [6, 6.07) is 4.84. The smallest absolute Gasteiger partial charge is 0.490 e. The Bertz CT molecular complexity index is 1200. The summed E-state index contributed by atoms with van der Waals surface area (Å²) in [5, 5.41) is 3.90. The molecule has 0 saturated carbocycles. The Balaban J connectivity index is 1.32. The molecule has 0 spiro atoms. The van der Waals surface area contributed by atoms with Gasteiger partial charge in [-0.15, -0.1) is 13.2 Å². The van der Waals surface area contributed by atoms with Crippen molar-refractivity contribution in [2.24, 2.45) is 0 Å². The second-order valence-electron chi connectivity index (χ2n) is 8.34. The molecule has 0 atom stereocenters. The highest BCUT2D eigenvalue weighted by Gasteiger charge is 2.32. The highest BCUT2D eigenvalue weighted by atomic mass is 19.4. The number of fused-ring (bicyclic) bond motifs is 3. The van der Waals surface area contributed by atoms with Crippen molar-refractivity contribution in [3.05, 3.63) is 53.1 Å². The van der Waals surface area contributed by atoms with Gasteiger partial charge in [-0.2, -0.15) is 0 Å². The van der Waals surface area contributed by atoms with Gasteiger partial charge in [0.05, 0.1) is 17.3 Å². The molecule has 1 fully saturated rings. The van der Waals surface area contributed by atoms with Gasteiger partial charge in [0.1, 0.15) is 23.8 Å². The Morgan fingerprint density at radius 1 is 1.18 bits per heavy atom. The SMILES string of the molecule is O=C(c1ccc(OC(F)(F)F)cc1)N1CCC(c2c(F)cnc3[nH]c4c(c23)OCCNC4)CC1. The van der Waals surface area contributed by atoms with E-state index >= 15 is 4.39 Å². The Morgan fingerprint density at radius 2 is 1.91 bits per heavy atom. The highest BCUT2D eigenvalue weighted by Crippen LogP contribution is 2.41. The van der Waals surface area contributed by atoms with Crippen LogP contribution in [-0.2, 0) is 6.54 Å². The molecule has 0 unspecified atom stereocenters. The van der Waals surface area contributed by atoms with Crippen LogP contribution < -0.4 is 14.8 Å². The van der Waals surface area contributed by atoms with Gasteiger partial charge in [0, 0.05) is 37.3 Å². The Hall–Kier alpha value is -3.34. The molecule has 1 saturated heterocycles. The van der Waals surface area contributed by atoms with Gasteiger partial charge in [-0.1, -0.05) is 0 Å². The minimum atomic E-state index is -4.79. The second kappa shape index (κ2) is 8.79. The summed E-state index contributed by atoms with van der Waals surface area (Å²) in [7, 11) is 0. The van der Waals surface area contributed by atoms with Crippen LogP contribution in [0.4, 0.5) is 17.6 Å². The fourth-order valence-corrected chi connectivity index (χ4v) is 4.65. The van der Waals surface area contributed by atoms with E-state index in [9.17, 15) is 18.0 Å². The lowest BCUT2D eigenvalue weighted by Gasteiger charge is -2.32. The number of likely N-dealkylation sites (tertiary alicyclic amines) is 1. The van der Waals surface area contributed by atoms with E-state index < -0.39 is 12.2 Å². The number of pyridine rings is 1. The fourth-order valence-electron chi connectivity index (χ4n) is 4.65. The number of nitrogens with one attached hydrogen (secondary N) is 2. The number of rotatable bonds is 3. The van der Waals surface area contributed by atoms with Crippen LogP contribution in [0.2, 0.25) is 0 Å². The maximum Gasteiger partial charge on any atom is 0.573 e. The molecular formula is C23H22F4N4O3.